The quantitative estimate of drug-likeness (QED) is 0.846. The number of hydrogen-bond acceptors (Lipinski definition) is 3. The van der Waals surface area contributed by atoms with Crippen LogP contribution in [0.2, 0.25) is 0 Å². The molecule has 0 fully saturated rings. The number of halogens is 2. The average molecular weight is 286 g/mol. The third-order valence-corrected chi connectivity index (χ3v) is 3.29. The minimum Gasteiger partial charge on any atom is -0.466 e. The zero-order valence-corrected chi connectivity index (χ0v) is 12.1. The second-order valence-corrected chi connectivity index (χ2v) is 5.25. The molecule has 5 heteroatoms. The van der Waals surface area contributed by atoms with E-state index in [9.17, 15) is 18.7 Å². The molecule has 0 saturated heterocycles. The molecule has 0 amide bonds. The molecular formula is C15H20F2O3. The van der Waals surface area contributed by atoms with Crippen LogP contribution in [0.5, 0.6) is 0 Å². The highest BCUT2D eigenvalue weighted by Crippen LogP contribution is 2.36. The summed E-state index contributed by atoms with van der Waals surface area (Å²) in [6.45, 7) is 6.63. The molecule has 3 nitrogen and oxygen atoms in total. The van der Waals surface area contributed by atoms with E-state index in [0.29, 0.717) is 6.07 Å². The van der Waals surface area contributed by atoms with Crippen LogP contribution in [0, 0.1) is 23.5 Å². The molecule has 0 bridgehead atoms. The minimum absolute atomic E-state index is 0.120. The Labute approximate surface area is 117 Å². The molecule has 0 spiro atoms. The van der Waals surface area contributed by atoms with E-state index in [-0.39, 0.29) is 18.1 Å². The lowest BCUT2D eigenvalue weighted by molar-refractivity contribution is -0.161. The Hall–Kier alpha value is -1.49. The fourth-order valence-electron chi connectivity index (χ4n) is 2.45. The van der Waals surface area contributed by atoms with Crippen molar-refractivity contribution in [1.82, 2.24) is 0 Å². The summed E-state index contributed by atoms with van der Waals surface area (Å²) in [5.41, 5.74) is -1.90. The van der Waals surface area contributed by atoms with Crippen LogP contribution < -0.4 is 0 Å². The fraction of sp³-hybridized carbons (Fsp3) is 0.533. The number of ether oxygens (including phenoxy) is 1. The van der Waals surface area contributed by atoms with Gasteiger partial charge in [0.25, 0.3) is 0 Å². The highest BCUT2D eigenvalue weighted by molar-refractivity contribution is 5.74. The van der Waals surface area contributed by atoms with Gasteiger partial charge in [0.2, 0.25) is 0 Å². The van der Waals surface area contributed by atoms with E-state index in [2.05, 4.69) is 0 Å². The van der Waals surface area contributed by atoms with Gasteiger partial charge in [-0.3, -0.25) is 4.79 Å². The van der Waals surface area contributed by atoms with Crippen molar-refractivity contribution in [2.45, 2.75) is 33.3 Å². The van der Waals surface area contributed by atoms with Crippen LogP contribution in [0.3, 0.4) is 0 Å². The van der Waals surface area contributed by atoms with E-state index in [1.807, 2.05) is 0 Å². The van der Waals surface area contributed by atoms with E-state index in [1.165, 1.54) is 6.92 Å². The van der Waals surface area contributed by atoms with Gasteiger partial charge < -0.3 is 9.84 Å². The van der Waals surface area contributed by atoms with E-state index in [1.54, 1.807) is 20.8 Å². The maximum atomic E-state index is 13.9. The minimum atomic E-state index is -1.78. The molecule has 1 aromatic carbocycles. The number of aliphatic hydroxyl groups is 1. The van der Waals surface area contributed by atoms with Crippen molar-refractivity contribution in [1.29, 1.82) is 0 Å². The number of esters is 1. The number of benzene rings is 1. The Morgan fingerprint density at radius 2 is 2.00 bits per heavy atom. The molecule has 0 radical (unpaired) electrons. The number of rotatable bonds is 5. The summed E-state index contributed by atoms with van der Waals surface area (Å²) >= 11 is 0. The number of hydrogen-bond donors (Lipinski definition) is 1. The third kappa shape index (κ3) is 3.33. The second-order valence-electron chi connectivity index (χ2n) is 5.25. The largest absolute Gasteiger partial charge is 0.466 e. The predicted molar refractivity (Wildman–Crippen MR) is 70.9 cm³/mol. The molecule has 20 heavy (non-hydrogen) atoms. The first-order chi connectivity index (χ1) is 9.21. The van der Waals surface area contributed by atoms with Crippen molar-refractivity contribution >= 4 is 5.97 Å². The lowest BCUT2D eigenvalue weighted by atomic mass is 9.76. The third-order valence-electron chi connectivity index (χ3n) is 3.29. The SMILES string of the molecule is CCOC(=O)C(C(C)C)C(C)(O)c1ccc(F)cc1F. The molecule has 2 atom stereocenters. The molecule has 2 unspecified atom stereocenters. The molecule has 0 aliphatic rings. The van der Waals surface area contributed by atoms with Gasteiger partial charge in [-0.2, -0.15) is 0 Å². The summed E-state index contributed by atoms with van der Waals surface area (Å²) in [7, 11) is 0. The summed E-state index contributed by atoms with van der Waals surface area (Å²) in [5.74, 6) is -3.43. The van der Waals surface area contributed by atoms with Crippen molar-refractivity contribution in [3.63, 3.8) is 0 Å². The smallest absolute Gasteiger partial charge is 0.312 e. The summed E-state index contributed by atoms with van der Waals surface area (Å²) in [5, 5.41) is 10.6. The van der Waals surface area contributed by atoms with Crippen LogP contribution in [-0.4, -0.2) is 17.7 Å². The van der Waals surface area contributed by atoms with Crippen molar-refractivity contribution in [2.75, 3.05) is 6.61 Å². The second kappa shape index (κ2) is 6.31. The van der Waals surface area contributed by atoms with E-state index < -0.39 is 29.1 Å². The zero-order valence-electron chi connectivity index (χ0n) is 12.1. The Balaban J connectivity index is 3.25. The van der Waals surface area contributed by atoms with Gasteiger partial charge in [0, 0.05) is 11.6 Å². The topological polar surface area (TPSA) is 46.5 Å². The molecule has 0 aliphatic carbocycles. The normalized spacial score (nSPS) is 15.8. The molecule has 1 rings (SSSR count). The Morgan fingerprint density at radius 3 is 2.45 bits per heavy atom. The van der Waals surface area contributed by atoms with Gasteiger partial charge in [-0.1, -0.05) is 19.9 Å². The van der Waals surface area contributed by atoms with Gasteiger partial charge in [0.1, 0.15) is 17.2 Å². The maximum Gasteiger partial charge on any atom is 0.312 e. The molecule has 0 saturated carbocycles. The van der Waals surface area contributed by atoms with Crippen molar-refractivity contribution in [3.8, 4) is 0 Å². The van der Waals surface area contributed by atoms with Gasteiger partial charge in [-0.25, -0.2) is 8.78 Å². The van der Waals surface area contributed by atoms with E-state index in [0.717, 1.165) is 12.1 Å². The highest BCUT2D eigenvalue weighted by Gasteiger charge is 2.43. The standard InChI is InChI=1S/C15H20F2O3/c1-5-20-14(18)13(9(2)3)15(4,19)11-7-6-10(16)8-12(11)17/h6-9,13,19H,5H2,1-4H3. The summed E-state index contributed by atoms with van der Waals surface area (Å²) in [6.07, 6.45) is 0. The molecule has 1 aromatic rings. The Kier molecular flexibility index (Phi) is 5.22. The molecule has 0 aliphatic heterocycles. The first-order valence-electron chi connectivity index (χ1n) is 6.56. The average Bonchev–Trinajstić information content (AvgIpc) is 2.27. The van der Waals surface area contributed by atoms with Crippen LogP contribution in [0.15, 0.2) is 18.2 Å². The van der Waals surface area contributed by atoms with Crippen LogP contribution in [0.4, 0.5) is 8.78 Å². The van der Waals surface area contributed by atoms with Crippen molar-refractivity contribution in [2.24, 2.45) is 11.8 Å². The van der Waals surface area contributed by atoms with Crippen molar-refractivity contribution in [3.05, 3.63) is 35.4 Å². The Bertz CT molecular complexity index is 484. The maximum absolute atomic E-state index is 13.9. The lowest BCUT2D eigenvalue weighted by Crippen LogP contribution is -2.42. The number of carbonyl (C=O) groups excluding carboxylic acids is 1. The van der Waals surface area contributed by atoms with Crippen LogP contribution in [-0.2, 0) is 15.1 Å². The van der Waals surface area contributed by atoms with E-state index >= 15 is 0 Å². The van der Waals surface area contributed by atoms with Gasteiger partial charge in [-0.05, 0) is 25.8 Å². The first-order valence-corrected chi connectivity index (χ1v) is 6.56. The molecular weight excluding hydrogens is 266 g/mol. The monoisotopic (exact) mass is 286 g/mol. The summed E-state index contributed by atoms with van der Waals surface area (Å²) in [4.78, 5) is 12.0. The van der Waals surface area contributed by atoms with Gasteiger partial charge in [-0.15, -0.1) is 0 Å². The fourth-order valence-corrected chi connectivity index (χ4v) is 2.45. The highest BCUT2D eigenvalue weighted by atomic mass is 19.1. The van der Waals surface area contributed by atoms with Crippen LogP contribution >= 0.6 is 0 Å². The molecule has 1 N–H and O–H groups in total. The van der Waals surface area contributed by atoms with E-state index in [4.69, 9.17) is 4.74 Å². The van der Waals surface area contributed by atoms with Gasteiger partial charge in [0.05, 0.1) is 12.5 Å². The first kappa shape index (κ1) is 16.6. The molecule has 0 heterocycles. The lowest BCUT2D eigenvalue weighted by Gasteiger charge is -2.34. The predicted octanol–water partition coefficient (Wildman–Crippen LogP) is 3.01. The van der Waals surface area contributed by atoms with Gasteiger partial charge in [0.15, 0.2) is 0 Å². The zero-order chi connectivity index (χ0) is 15.5. The summed E-state index contributed by atoms with van der Waals surface area (Å²) < 4.78 is 31.8. The van der Waals surface area contributed by atoms with Crippen LogP contribution in [0.25, 0.3) is 0 Å². The van der Waals surface area contributed by atoms with Crippen molar-refractivity contribution < 1.29 is 23.4 Å². The van der Waals surface area contributed by atoms with Gasteiger partial charge >= 0.3 is 5.97 Å². The number of carbonyl (C=O) groups is 1. The summed E-state index contributed by atoms with van der Waals surface area (Å²) in [6, 6.07) is 2.89. The molecule has 112 valence electrons. The Morgan fingerprint density at radius 1 is 1.40 bits per heavy atom. The molecule has 0 aromatic heterocycles. The van der Waals surface area contributed by atoms with Crippen LogP contribution in [0.1, 0.15) is 33.3 Å².